The first-order valence-electron chi connectivity index (χ1n) is 11.0. The number of carbonyl (C=O) groups excluding carboxylic acids is 3. The fourth-order valence-corrected chi connectivity index (χ4v) is 6.98. The maximum absolute atomic E-state index is 13.3. The van der Waals surface area contributed by atoms with E-state index >= 15 is 0 Å². The van der Waals surface area contributed by atoms with Crippen LogP contribution in [0.25, 0.3) is 0 Å². The van der Waals surface area contributed by atoms with Crippen molar-refractivity contribution in [1.82, 2.24) is 9.88 Å². The summed E-state index contributed by atoms with van der Waals surface area (Å²) in [5.74, 6) is -4.43. The number of anilines is 1. The number of carboxylic acid groups (broad SMARTS) is 1. The molecule has 3 aromatic rings. The van der Waals surface area contributed by atoms with Gasteiger partial charge in [0, 0.05) is 22.0 Å². The minimum absolute atomic E-state index is 0.0559. The molecule has 0 saturated carbocycles. The van der Waals surface area contributed by atoms with Crippen molar-refractivity contribution >= 4 is 52.5 Å². The van der Waals surface area contributed by atoms with Gasteiger partial charge in [-0.15, -0.1) is 0 Å². The SMILES string of the molecule is O=C(O)CN1C(=O)C2Sc3[nH]c(=O)sc3[C@H](c3ccccc3OCC(=O)Nc3ccc(O)cc3)C2C1=O. The van der Waals surface area contributed by atoms with Crippen molar-refractivity contribution < 1.29 is 34.1 Å². The fourth-order valence-electron chi connectivity index (χ4n) is 4.45. The summed E-state index contributed by atoms with van der Waals surface area (Å²) < 4.78 is 5.82. The molecule has 5 rings (SSSR count). The maximum Gasteiger partial charge on any atom is 0.323 e. The van der Waals surface area contributed by atoms with Gasteiger partial charge in [-0.05, 0) is 30.3 Å². The molecule has 3 amide bonds. The van der Waals surface area contributed by atoms with E-state index in [-0.39, 0.29) is 23.0 Å². The standard InChI is InChI=1S/C24H19N3O8S2/c28-12-7-5-11(6-8-12)25-15(29)10-35-14-4-2-1-3-13(14)17-18-20(36-21-19(17)37-24(34)26-21)23(33)27(22(18)32)9-16(30)31/h1-8,17-18,20,28H,9-10H2,(H,25,29)(H,26,34)(H,30,31)/t17-,18?,20?/m1/s1. The number of carbonyl (C=O) groups is 4. The van der Waals surface area contributed by atoms with E-state index in [0.717, 1.165) is 28.0 Å². The summed E-state index contributed by atoms with van der Waals surface area (Å²) in [5.41, 5.74) is 0.951. The Morgan fingerprint density at radius 2 is 1.78 bits per heavy atom. The molecule has 13 heteroatoms. The number of ether oxygens (including phenoxy) is 1. The molecule has 1 fully saturated rings. The number of likely N-dealkylation sites (tertiary alicyclic amines) is 1. The summed E-state index contributed by atoms with van der Waals surface area (Å²) in [6, 6.07) is 12.6. The van der Waals surface area contributed by atoms with Gasteiger partial charge in [0.15, 0.2) is 6.61 Å². The van der Waals surface area contributed by atoms with Gasteiger partial charge >= 0.3 is 10.8 Å². The Morgan fingerprint density at radius 1 is 1.05 bits per heavy atom. The molecular weight excluding hydrogens is 522 g/mol. The lowest BCUT2D eigenvalue weighted by atomic mass is 9.82. The predicted molar refractivity (Wildman–Crippen MR) is 133 cm³/mol. The molecule has 3 atom stereocenters. The summed E-state index contributed by atoms with van der Waals surface area (Å²) in [6.45, 7) is -1.13. The number of H-pyrrole nitrogens is 1. The average molecular weight is 542 g/mol. The van der Waals surface area contributed by atoms with E-state index in [1.807, 2.05) is 0 Å². The van der Waals surface area contributed by atoms with Crippen molar-refractivity contribution in [1.29, 1.82) is 0 Å². The van der Waals surface area contributed by atoms with Crippen LogP contribution < -0.4 is 14.9 Å². The van der Waals surface area contributed by atoms with E-state index in [0.29, 0.717) is 21.2 Å². The number of aromatic amines is 1. The molecule has 11 nitrogen and oxygen atoms in total. The van der Waals surface area contributed by atoms with Crippen LogP contribution in [0.5, 0.6) is 11.5 Å². The molecule has 2 aromatic carbocycles. The van der Waals surface area contributed by atoms with Gasteiger partial charge in [0.1, 0.15) is 23.3 Å². The number of phenolic OH excluding ortho intramolecular Hbond substituents is 1. The highest BCUT2D eigenvalue weighted by Crippen LogP contribution is 2.53. The number of aromatic nitrogens is 1. The second kappa shape index (κ2) is 9.75. The van der Waals surface area contributed by atoms with Gasteiger partial charge in [-0.3, -0.25) is 28.9 Å². The van der Waals surface area contributed by atoms with Crippen LogP contribution in [0.2, 0.25) is 0 Å². The molecule has 2 aliphatic rings. The molecule has 0 aliphatic carbocycles. The van der Waals surface area contributed by atoms with Crippen LogP contribution in [0.15, 0.2) is 58.4 Å². The Bertz CT molecular complexity index is 1470. The van der Waals surface area contributed by atoms with Crippen LogP contribution in [0, 0.1) is 5.92 Å². The third-order valence-electron chi connectivity index (χ3n) is 5.97. The Balaban J connectivity index is 1.46. The average Bonchev–Trinajstić information content (AvgIpc) is 3.35. The van der Waals surface area contributed by atoms with Crippen molar-refractivity contribution in [3.63, 3.8) is 0 Å². The first kappa shape index (κ1) is 24.6. The van der Waals surface area contributed by atoms with Crippen molar-refractivity contribution in [2.24, 2.45) is 5.92 Å². The molecule has 1 saturated heterocycles. The number of thioether (sulfide) groups is 1. The molecule has 2 unspecified atom stereocenters. The zero-order chi connectivity index (χ0) is 26.3. The molecule has 0 spiro atoms. The van der Waals surface area contributed by atoms with E-state index in [1.54, 1.807) is 24.3 Å². The number of fused-ring (bicyclic) bond motifs is 2. The van der Waals surface area contributed by atoms with Gasteiger partial charge < -0.3 is 25.3 Å². The lowest BCUT2D eigenvalue weighted by Gasteiger charge is -2.30. The molecule has 4 N–H and O–H groups in total. The van der Waals surface area contributed by atoms with Crippen LogP contribution in [0.1, 0.15) is 16.4 Å². The number of nitrogens with one attached hydrogen (secondary N) is 2. The van der Waals surface area contributed by atoms with Gasteiger partial charge in [0.25, 0.3) is 5.91 Å². The van der Waals surface area contributed by atoms with Crippen molar-refractivity contribution in [3.8, 4) is 11.5 Å². The molecular formula is C24H19N3O8S2. The highest BCUT2D eigenvalue weighted by Gasteiger charge is 2.56. The van der Waals surface area contributed by atoms with Gasteiger partial charge in [0.05, 0.1) is 10.9 Å². The van der Waals surface area contributed by atoms with E-state index in [1.165, 1.54) is 24.3 Å². The van der Waals surface area contributed by atoms with Crippen LogP contribution in [-0.4, -0.2) is 62.2 Å². The topological polar surface area (TPSA) is 166 Å². The first-order valence-corrected chi connectivity index (χ1v) is 12.7. The monoisotopic (exact) mass is 541 g/mol. The normalized spacial score (nSPS) is 20.3. The number of carboxylic acids is 1. The largest absolute Gasteiger partial charge is 0.508 e. The van der Waals surface area contributed by atoms with Gasteiger partial charge in [0.2, 0.25) is 11.8 Å². The molecule has 3 heterocycles. The molecule has 190 valence electrons. The Hall–Kier alpha value is -4.10. The van der Waals surface area contributed by atoms with Crippen LogP contribution >= 0.6 is 23.1 Å². The summed E-state index contributed by atoms with van der Waals surface area (Å²) in [6.07, 6.45) is 0. The van der Waals surface area contributed by atoms with E-state index < -0.39 is 47.3 Å². The van der Waals surface area contributed by atoms with E-state index in [2.05, 4.69) is 10.3 Å². The highest BCUT2D eigenvalue weighted by molar-refractivity contribution is 8.00. The first-order chi connectivity index (χ1) is 17.7. The quantitative estimate of drug-likeness (QED) is 0.258. The van der Waals surface area contributed by atoms with E-state index in [9.17, 15) is 34.2 Å². The third-order valence-corrected chi connectivity index (χ3v) is 8.37. The molecule has 2 aliphatic heterocycles. The van der Waals surface area contributed by atoms with Gasteiger partial charge in [-0.25, -0.2) is 0 Å². The molecule has 1 aromatic heterocycles. The van der Waals surface area contributed by atoms with Crippen LogP contribution in [0.4, 0.5) is 5.69 Å². The predicted octanol–water partition coefficient (Wildman–Crippen LogP) is 1.84. The molecule has 0 radical (unpaired) electrons. The number of hydrogen-bond acceptors (Lipinski definition) is 9. The molecule has 37 heavy (non-hydrogen) atoms. The van der Waals surface area contributed by atoms with Crippen LogP contribution in [0.3, 0.4) is 0 Å². The number of amides is 3. The summed E-state index contributed by atoms with van der Waals surface area (Å²) >= 11 is 1.95. The summed E-state index contributed by atoms with van der Waals surface area (Å²) in [4.78, 5) is 65.9. The smallest absolute Gasteiger partial charge is 0.323 e. The molecule has 0 bridgehead atoms. The number of hydrogen-bond donors (Lipinski definition) is 4. The number of thiazole rings is 1. The number of aliphatic carboxylic acids is 1. The Labute approximate surface area is 217 Å². The minimum atomic E-state index is -1.31. The zero-order valence-electron chi connectivity index (χ0n) is 18.9. The number of imide groups is 1. The highest BCUT2D eigenvalue weighted by atomic mass is 32.2. The lowest BCUT2D eigenvalue weighted by molar-refractivity contribution is -0.149. The van der Waals surface area contributed by atoms with Crippen molar-refractivity contribution in [2.45, 2.75) is 16.2 Å². The zero-order valence-corrected chi connectivity index (χ0v) is 20.5. The minimum Gasteiger partial charge on any atom is -0.508 e. The van der Waals surface area contributed by atoms with Gasteiger partial charge in [-0.1, -0.05) is 41.3 Å². The number of phenols is 1. The number of para-hydroxylation sites is 1. The summed E-state index contributed by atoms with van der Waals surface area (Å²) in [5, 5.41) is 20.8. The second-order valence-electron chi connectivity index (χ2n) is 8.33. The third kappa shape index (κ3) is 4.70. The number of benzene rings is 2. The summed E-state index contributed by atoms with van der Waals surface area (Å²) in [7, 11) is 0. The van der Waals surface area contributed by atoms with Crippen LogP contribution in [-0.2, 0) is 19.2 Å². The number of rotatable bonds is 7. The van der Waals surface area contributed by atoms with Crippen molar-refractivity contribution in [3.05, 3.63) is 68.6 Å². The second-order valence-corrected chi connectivity index (χ2v) is 10.5. The fraction of sp³-hybridized carbons (Fsp3) is 0.208. The van der Waals surface area contributed by atoms with E-state index in [4.69, 9.17) is 4.74 Å². The Kier molecular flexibility index (Phi) is 6.48. The number of nitrogens with zero attached hydrogens (tertiary/aromatic N) is 1. The number of aromatic hydroxyl groups is 1. The lowest BCUT2D eigenvalue weighted by Crippen LogP contribution is -2.36. The van der Waals surface area contributed by atoms with Crippen molar-refractivity contribution in [2.75, 3.05) is 18.5 Å². The maximum atomic E-state index is 13.3. The Morgan fingerprint density at radius 3 is 2.51 bits per heavy atom. The van der Waals surface area contributed by atoms with Gasteiger partial charge in [-0.2, -0.15) is 0 Å².